The van der Waals surface area contributed by atoms with Crippen LogP contribution in [-0.2, 0) is 9.59 Å². The summed E-state index contributed by atoms with van der Waals surface area (Å²) in [6.45, 7) is 0. The Bertz CT molecular complexity index is 732. The quantitative estimate of drug-likeness (QED) is 0.407. The minimum absolute atomic E-state index is 0.0778. The number of aliphatic hydroxyl groups is 2. The number of carboxylic acids is 1. The summed E-state index contributed by atoms with van der Waals surface area (Å²) >= 11 is 0. The van der Waals surface area contributed by atoms with Gasteiger partial charge in [0, 0.05) is 24.7 Å². The van der Waals surface area contributed by atoms with Gasteiger partial charge in [-0.1, -0.05) is 55.7 Å². The van der Waals surface area contributed by atoms with Crippen molar-refractivity contribution in [2.45, 2.75) is 82.3 Å². The highest BCUT2D eigenvalue weighted by molar-refractivity contribution is 5.85. The van der Waals surface area contributed by atoms with Crippen molar-refractivity contribution >= 4 is 11.8 Å². The second-order valence-corrected chi connectivity index (χ2v) is 8.87. The van der Waals surface area contributed by atoms with E-state index in [1.165, 1.54) is 19.3 Å². The van der Waals surface area contributed by atoms with Gasteiger partial charge < -0.3 is 15.3 Å². The summed E-state index contributed by atoms with van der Waals surface area (Å²) in [7, 11) is 0. The highest BCUT2D eigenvalue weighted by Crippen LogP contribution is 2.41. The van der Waals surface area contributed by atoms with Crippen LogP contribution in [0.25, 0.3) is 0 Å². The van der Waals surface area contributed by atoms with Crippen molar-refractivity contribution < 1.29 is 24.9 Å². The molecule has 1 aromatic carbocycles. The first-order valence-electron chi connectivity index (χ1n) is 11.3. The maximum atomic E-state index is 12.4. The van der Waals surface area contributed by atoms with Gasteiger partial charge in [0.05, 0.1) is 12.2 Å². The van der Waals surface area contributed by atoms with Crippen LogP contribution < -0.4 is 0 Å². The number of rotatable bonds is 9. The SMILES string of the molecule is O=C(O)CCC/C=C/CC1C(=O)CC(O)C1c1ccc(C(O)C2CCCCC2)cc1. The number of carbonyl (C=O) groups is 2. The van der Waals surface area contributed by atoms with E-state index >= 15 is 0 Å². The predicted molar refractivity (Wildman–Crippen MR) is 115 cm³/mol. The fourth-order valence-corrected chi connectivity index (χ4v) is 5.05. The van der Waals surface area contributed by atoms with Crippen LogP contribution >= 0.6 is 0 Å². The zero-order valence-electron chi connectivity index (χ0n) is 17.6. The number of carbonyl (C=O) groups excluding carboxylic acids is 1. The van der Waals surface area contributed by atoms with E-state index in [1.807, 2.05) is 36.4 Å². The molecule has 5 nitrogen and oxygen atoms in total. The molecular formula is C25H34O5. The molecule has 0 saturated heterocycles. The summed E-state index contributed by atoms with van der Waals surface area (Å²) in [5, 5.41) is 29.9. The molecule has 0 radical (unpaired) electrons. The molecule has 4 unspecified atom stereocenters. The molecule has 0 heterocycles. The average molecular weight is 415 g/mol. The molecule has 2 aliphatic carbocycles. The van der Waals surface area contributed by atoms with Crippen molar-refractivity contribution in [3.05, 3.63) is 47.5 Å². The highest BCUT2D eigenvalue weighted by Gasteiger charge is 2.41. The molecular weight excluding hydrogens is 380 g/mol. The number of hydrogen-bond acceptors (Lipinski definition) is 4. The van der Waals surface area contributed by atoms with Crippen LogP contribution in [0.3, 0.4) is 0 Å². The fraction of sp³-hybridized carbons (Fsp3) is 0.600. The van der Waals surface area contributed by atoms with Crippen molar-refractivity contribution in [3.8, 4) is 0 Å². The van der Waals surface area contributed by atoms with Crippen molar-refractivity contribution in [3.63, 3.8) is 0 Å². The van der Waals surface area contributed by atoms with Crippen LogP contribution in [-0.4, -0.2) is 33.2 Å². The van der Waals surface area contributed by atoms with Gasteiger partial charge >= 0.3 is 5.97 Å². The van der Waals surface area contributed by atoms with Crippen LogP contribution in [0, 0.1) is 11.8 Å². The van der Waals surface area contributed by atoms with E-state index in [-0.39, 0.29) is 30.5 Å². The third kappa shape index (κ3) is 5.79. The molecule has 3 N–H and O–H groups in total. The largest absolute Gasteiger partial charge is 0.481 e. The maximum absolute atomic E-state index is 12.4. The van der Waals surface area contributed by atoms with E-state index in [4.69, 9.17) is 5.11 Å². The number of allylic oxidation sites excluding steroid dienone is 2. The lowest BCUT2D eigenvalue weighted by molar-refractivity contribution is -0.137. The molecule has 1 aromatic rings. The summed E-state index contributed by atoms with van der Waals surface area (Å²) in [5.74, 6) is -0.891. The van der Waals surface area contributed by atoms with E-state index in [0.29, 0.717) is 25.2 Å². The van der Waals surface area contributed by atoms with Crippen molar-refractivity contribution in [2.24, 2.45) is 11.8 Å². The van der Waals surface area contributed by atoms with Crippen molar-refractivity contribution in [2.75, 3.05) is 0 Å². The van der Waals surface area contributed by atoms with Gasteiger partial charge in [0.25, 0.3) is 0 Å². The van der Waals surface area contributed by atoms with E-state index in [1.54, 1.807) is 0 Å². The lowest BCUT2D eigenvalue weighted by atomic mass is 9.81. The number of carboxylic acid groups (broad SMARTS) is 1. The minimum atomic E-state index is -0.797. The monoisotopic (exact) mass is 414 g/mol. The molecule has 2 fully saturated rings. The molecule has 4 atom stereocenters. The Morgan fingerprint density at radius 1 is 1.10 bits per heavy atom. The number of hydrogen-bond donors (Lipinski definition) is 3. The highest BCUT2D eigenvalue weighted by atomic mass is 16.4. The smallest absolute Gasteiger partial charge is 0.303 e. The first kappa shape index (κ1) is 22.7. The zero-order valence-corrected chi connectivity index (χ0v) is 17.6. The normalized spacial score (nSPS) is 26.3. The number of benzene rings is 1. The minimum Gasteiger partial charge on any atom is -0.481 e. The average Bonchev–Trinajstić information content (AvgIpc) is 3.03. The molecule has 164 valence electrons. The number of Topliss-reactive ketones (excluding diaryl/α,β-unsaturated/α-hetero) is 1. The van der Waals surface area contributed by atoms with Gasteiger partial charge in [0.1, 0.15) is 5.78 Å². The third-order valence-electron chi connectivity index (χ3n) is 6.75. The predicted octanol–water partition coefficient (Wildman–Crippen LogP) is 4.54. The molecule has 3 rings (SSSR count). The summed E-state index contributed by atoms with van der Waals surface area (Å²) < 4.78 is 0. The summed E-state index contributed by atoms with van der Waals surface area (Å²) in [6.07, 6.45) is 10.6. The van der Waals surface area contributed by atoms with E-state index in [2.05, 4.69) is 0 Å². The zero-order chi connectivity index (χ0) is 21.5. The topological polar surface area (TPSA) is 94.8 Å². The van der Waals surface area contributed by atoms with Crippen LogP contribution in [0.4, 0.5) is 0 Å². The fourth-order valence-electron chi connectivity index (χ4n) is 5.05. The molecule has 0 bridgehead atoms. The van der Waals surface area contributed by atoms with Crippen LogP contribution in [0.2, 0.25) is 0 Å². The second kappa shape index (κ2) is 10.9. The molecule has 30 heavy (non-hydrogen) atoms. The Morgan fingerprint density at radius 3 is 2.47 bits per heavy atom. The molecule has 2 saturated carbocycles. The lowest BCUT2D eigenvalue weighted by Crippen LogP contribution is -2.19. The molecule has 0 amide bonds. The summed E-state index contributed by atoms with van der Waals surface area (Å²) in [5.41, 5.74) is 1.86. The van der Waals surface area contributed by atoms with Crippen molar-refractivity contribution in [1.82, 2.24) is 0 Å². The van der Waals surface area contributed by atoms with E-state index < -0.39 is 18.2 Å². The Labute approximate surface area is 178 Å². The Kier molecular flexibility index (Phi) is 8.23. The van der Waals surface area contributed by atoms with Crippen molar-refractivity contribution in [1.29, 1.82) is 0 Å². The van der Waals surface area contributed by atoms with Crippen LogP contribution in [0.5, 0.6) is 0 Å². The third-order valence-corrected chi connectivity index (χ3v) is 6.75. The summed E-state index contributed by atoms with van der Waals surface area (Å²) in [6, 6.07) is 7.81. The van der Waals surface area contributed by atoms with Gasteiger partial charge in [0.15, 0.2) is 0 Å². The molecule has 5 heteroatoms. The van der Waals surface area contributed by atoms with Gasteiger partial charge in [-0.2, -0.15) is 0 Å². The van der Waals surface area contributed by atoms with Gasteiger partial charge in [-0.25, -0.2) is 0 Å². The van der Waals surface area contributed by atoms with Gasteiger partial charge in [0.2, 0.25) is 0 Å². The Hall–Kier alpha value is -1.98. The Balaban J connectivity index is 1.62. The van der Waals surface area contributed by atoms with Gasteiger partial charge in [-0.05, 0) is 49.1 Å². The van der Waals surface area contributed by atoms with Gasteiger partial charge in [-0.3, -0.25) is 9.59 Å². The molecule has 2 aliphatic rings. The number of unbranched alkanes of at least 4 members (excludes halogenated alkanes) is 1. The first-order chi connectivity index (χ1) is 14.5. The van der Waals surface area contributed by atoms with Crippen LogP contribution in [0.15, 0.2) is 36.4 Å². The number of aliphatic hydroxyl groups excluding tert-OH is 2. The Morgan fingerprint density at radius 2 is 1.80 bits per heavy atom. The lowest BCUT2D eigenvalue weighted by Gasteiger charge is -2.27. The summed E-state index contributed by atoms with van der Waals surface area (Å²) in [4.78, 5) is 23.0. The maximum Gasteiger partial charge on any atom is 0.303 e. The van der Waals surface area contributed by atoms with E-state index in [0.717, 1.165) is 24.0 Å². The standard InChI is InChI=1S/C25H34O5/c26-21-16-22(27)24(20(21)10-6-1-2-7-11-23(28)29)17-12-14-19(15-13-17)25(30)18-8-4-3-5-9-18/h1,6,12-15,18,20,22,24-25,27,30H,2-5,7-11,16H2,(H,28,29)/b6-1+. The van der Waals surface area contributed by atoms with Crippen LogP contribution in [0.1, 0.15) is 87.4 Å². The number of ketones is 1. The molecule has 0 aromatic heterocycles. The first-order valence-corrected chi connectivity index (χ1v) is 11.3. The number of aliphatic carboxylic acids is 1. The van der Waals surface area contributed by atoms with Gasteiger partial charge in [-0.15, -0.1) is 0 Å². The van der Waals surface area contributed by atoms with E-state index in [9.17, 15) is 19.8 Å². The molecule has 0 spiro atoms. The molecule has 0 aliphatic heterocycles. The second-order valence-electron chi connectivity index (χ2n) is 8.87.